The van der Waals surface area contributed by atoms with E-state index in [2.05, 4.69) is 46.4 Å². The van der Waals surface area contributed by atoms with Gasteiger partial charge in [-0.25, -0.2) is 0 Å². The first-order chi connectivity index (χ1) is 12.6. The molecule has 1 fully saturated rings. The number of nitrogens with zero attached hydrogens (tertiary/aromatic N) is 2. The van der Waals surface area contributed by atoms with E-state index in [4.69, 9.17) is 16.7 Å². The second-order valence-corrected chi connectivity index (χ2v) is 7.35. The quantitative estimate of drug-likeness (QED) is 0.859. The number of benzene rings is 2. The smallest absolute Gasteiger partial charge is 0.317 e. The lowest BCUT2D eigenvalue weighted by molar-refractivity contribution is -0.136. The van der Waals surface area contributed by atoms with Crippen molar-refractivity contribution in [1.82, 2.24) is 5.32 Å². The van der Waals surface area contributed by atoms with Crippen molar-refractivity contribution in [2.75, 3.05) is 29.9 Å². The van der Waals surface area contributed by atoms with Gasteiger partial charge in [-0.1, -0.05) is 29.8 Å². The maximum atomic E-state index is 11.1. The number of hydrogen-bond donors (Lipinski definition) is 2. The van der Waals surface area contributed by atoms with Gasteiger partial charge in [0.2, 0.25) is 0 Å². The number of piperidine rings is 1. The summed E-state index contributed by atoms with van der Waals surface area (Å²) in [6.45, 7) is 0.890. The molecule has 0 unspecified atom stereocenters. The Morgan fingerprint density at radius 2 is 2.04 bits per heavy atom. The average molecular weight is 372 g/mol. The molecule has 0 spiro atoms. The number of para-hydroxylation sites is 1. The van der Waals surface area contributed by atoms with Crippen LogP contribution in [0.4, 0.5) is 17.1 Å². The molecule has 0 amide bonds. The Bertz CT molecular complexity index is 842. The fourth-order valence-corrected chi connectivity index (χ4v) is 4.43. The molecule has 2 heterocycles. The summed E-state index contributed by atoms with van der Waals surface area (Å²) >= 11 is 6.32. The highest BCUT2D eigenvalue weighted by Crippen LogP contribution is 2.48. The molecule has 2 N–H and O–H groups in total. The Kier molecular flexibility index (Phi) is 4.51. The Morgan fingerprint density at radius 3 is 2.85 bits per heavy atom. The van der Waals surface area contributed by atoms with Crippen LogP contribution in [0, 0.1) is 0 Å². The van der Waals surface area contributed by atoms with Gasteiger partial charge in [0, 0.05) is 30.3 Å². The van der Waals surface area contributed by atoms with Crippen molar-refractivity contribution in [2.45, 2.75) is 24.9 Å². The minimum atomic E-state index is -0.829. The van der Waals surface area contributed by atoms with Crippen molar-refractivity contribution in [3.63, 3.8) is 0 Å². The first-order valence-electron chi connectivity index (χ1n) is 8.90. The van der Waals surface area contributed by atoms with Crippen LogP contribution in [0.25, 0.3) is 0 Å². The average Bonchev–Trinajstić information content (AvgIpc) is 2.74. The number of carboxylic acids is 1. The number of aliphatic carboxylic acids is 1. The van der Waals surface area contributed by atoms with Crippen molar-refractivity contribution < 1.29 is 9.90 Å². The fourth-order valence-electron chi connectivity index (χ4n) is 4.27. The molecule has 5 nitrogen and oxygen atoms in total. The Morgan fingerprint density at radius 1 is 1.23 bits per heavy atom. The molecule has 0 bridgehead atoms. The second-order valence-electron chi connectivity index (χ2n) is 6.91. The Balaban J connectivity index is 1.87. The van der Waals surface area contributed by atoms with E-state index in [1.807, 2.05) is 18.2 Å². The minimum absolute atomic E-state index is 0.0323. The molecule has 2 aromatic rings. The highest BCUT2D eigenvalue weighted by Gasteiger charge is 2.38. The topological polar surface area (TPSA) is 55.8 Å². The molecule has 2 aliphatic rings. The van der Waals surface area contributed by atoms with Gasteiger partial charge in [0.1, 0.15) is 0 Å². The lowest BCUT2D eigenvalue weighted by atomic mass is 9.89. The van der Waals surface area contributed by atoms with Crippen molar-refractivity contribution in [3.8, 4) is 0 Å². The van der Waals surface area contributed by atoms with Gasteiger partial charge >= 0.3 is 5.97 Å². The molecule has 2 atom stereocenters. The monoisotopic (exact) mass is 371 g/mol. The summed E-state index contributed by atoms with van der Waals surface area (Å²) in [5.74, 6) is -0.829. The summed E-state index contributed by atoms with van der Waals surface area (Å²) in [5, 5.41) is 13.1. The summed E-state index contributed by atoms with van der Waals surface area (Å²) < 4.78 is 0. The number of rotatable bonds is 3. The van der Waals surface area contributed by atoms with Gasteiger partial charge < -0.3 is 20.2 Å². The van der Waals surface area contributed by atoms with Crippen LogP contribution in [0.1, 0.15) is 24.4 Å². The molecule has 136 valence electrons. The summed E-state index contributed by atoms with van der Waals surface area (Å²) in [6, 6.07) is 14.5. The third kappa shape index (κ3) is 2.91. The lowest BCUT2D eigenvalue weighted by Gasteiger charge is -2.43. The maximum absolute atomic E-state index is 11.1. The van der Waals surface area contributed by atoms with E-state index >= 15 is 0 Å². The van der Waals surface area contributed by atoms with Crippen LogP contribution < -0.4 is 15.1 Å². The molecular weight excluding hydrogens is 350 g/mol. The lowest BCUT2D eigenvalue weighted by Crippen LogP contribution is -2.49. The molecular formula is C20H22ClN3O2. The van der Waals surface area contributed by atoms with Crippen LogP contribution in [0.15, 0.2) is 42.5 Å². The van der Waals surface area contributed by atoms with E-state index < -0.39 is 5.97 Å². The number of nitrogens with one attached hydrogen (secondary N) is 1. The standard InChI is InChI=1S/C20H22ClN3O2/c1-23-16-7-3-2-5-14(16)20-15(22-12-19(25)26)6-4-10-24(20)18-11-13(21)8-9-17(18)23/h2-3,5,7-9,11,15,20,22H,4,6,10,12H2,1H3,(H,25,26)/t15-,20-/m0/s1. The van der Waals surface area contributed by atoms with Gasteiger partial charge in [0.05, 0.1) is 24.0 Å². The molecule has 4 rings (SSSR count). The third-order valence-corrected chi connectivity index (χ3v) is 5.61. The molecule has 1 saturated heterocycles. The van der Waals surface area contributed by atoms with Crippen LogP contribution in [-0.4, -0.2) is 37.3 Å². The number of anilines is 3. The van der Waals surface area contributed by atoms with Crippen LogP contribution >= 0.6 is 11.6 Å². The number of carboxylic acid groups (broad SMARTS) is 1. The van der Waals surface area contributed by atoms with E-state index in [1.54, 1.807) is 0 Å². The van der Waals surface area contributed by atoms with Crippen molar-refractivity contribution in [2.24, 2.45) is 0 Å². The predicted molar refractivity (Wildman–Crippen MR) is 105 cm³/mol. The summed E-state index contributed by atoms with van der Waals surface area (Å²) in [7, 11) is 2.07. The highest BCUT2D eigenvalue weighted by atomic mass is 35.5. The van der Waals surface area contributed by atoms with E-state index in [1.165, 1.54) is 5.56 Å². The second kappa shape index (κ2) is 6.82. The number of halogens is 1. The zero-order valence-corrected chi connectivity index (χ0v) is 15.4. The van der Waals surface area contributed by atoms with E-state index in [-0.39, 0.29) is 18.6 Å². The molecule has 2 aromatic carbocycles. The predicted octanol–water partition coefficient (Wildman–Crippen LogP) is 3.81. The van der Waals surface area contributed by atoms with Crippen molar-refractivity contribution in [1.29, 1.82) is 0 Å². The largest absolute Gasteiger partial charge is 0.480 e. The molecule has 2 aliphatic heterocycles. The van der Waals surface area contributed by atoms with Crippen molar-refractivity contribution in [3.05, 3.63) is 53.1 Å². The van der Waals surface area contributed by atoms with Gasteiger partial charge in [0.15, 0.2) is 0 Å². The Hall–Kier alpha value is -2.24. The first-order valence-corrected chi connectivity index (χ1v) is 9.28. The van der Waals surface area contributed by atoms with Crippen LogP contribution in [0.3, 0.4) is 0 Å². The van der Waals surface area contributed by atoms with Crippen LogP contribution in [0.2, 0.25) is 5.02 Å². The Labute approximate surface area is 158 Å². The number of fused-ring (bicyclic) bond motifs is 5. The first kappa shape index (κ1) is 17.2. The minimum Gasteiger partial charge on any atom is -0.480 e. The molecule has 0 radical (unpaired) electrons. The zero-order valence-electron chi connectivity index (χ0n) is 14.7. The van der Waals surface area contributed by atoms with E-state index in [0.717, 1.165) is 36.4 Å². The fraction of sp³-hybridized carbons (Fsp3) is 0.350. The highest BCUT2D eigenvalue weighted by molar-refractivity contribution is 6.31. The summed E-state index contributed by atoms with van der Waals surface area (Å²) in [4.78, 5) is 15.7. The van der Waals surface area contributed by atoms with E-state index in [9.17, 15) is 4.79 Å². The summed E-state index contributed by atoms with van der Waals surface area (Å²) in [5.41, 5.74) is 4.57. The SMILES string of the molecule is CN1c2ccccc2[C@H]2[C@@H](NCC(=O)O)CCCN2c2cc(Cl)ccc21. The molecule has 0 aliphatic carbocycles. The molecule has 0 saturated carbocycles. The van der Waals surface area contributed by atoms with Crippen molar-refractivity contribution >= 4 is 34.6 Å². The van der Waals surface area contributed by atoms with Gasteiger partial charge in [0.25, 0.3) is 0 Å². The number of hydrogen-bond acceptors (Lipinski definition) is 4. The molecule has 0 aromatic heterocycles. The van der Waals surface area contributed by atoms with Crippen LogP contribution in [0.5, 0.6) is 0 Å². The molecule has 6 heteroatoms. The zero-order chi connectivity index (χ0) is 18.3. The van der Waals surface area contributed by atoms with Gasteiger partial charge in [-0.15, -0.1) is 0 Å². The summed E-state index contributed by atoms with van der Waals surface area (Å²) in [6.07, 6.45) is 1.95. The normalized spacial score (nSPS) is 21.5. The maximum Gasteiger partial charge on any atom is 0.317 e. The molecule has 26 heavy (non-hydrogen) atoms. The van der Waals surface area contributed by atoms with E-state index in [0.29, 0.717) is 5.02 Å². The van der Waals surface area contributed by atoms with Gasteiger partial charge in [-0.05, 0) is 42.7 Å². The third-order valence-electron chi connectivity index (χ3n) is 5.37. The van der Waals surface area contributed by atoms with Gasteiger partial charge in [-0.3, -0.25) is 4.79 Å². The van der Waals surface area contributed by atoms with Gasteiger partial charge in [-0.2, -0.15) is 0 Å². The van der Waals surface area contributed by atoms with Crippen LogP contribution in [-0.2, 0) is 4.79 Å². The number of carbonyl (C=O) groups is 1.